The van der Waals surface area contributed by atoms with Crippen LogP contribution in [0.15, 0.2) is 22.6 Å². The van der Waals surface area contributed by atoms with E-state index in [-0.39, 0.29) is 15.0 Å². The van der Waals surface area contributed by atoms with Crippen LogP contribution in [-0.2, 0) is 4.79 Å². The zero-order chi connectivity index (χ0) is 5.82. The molecule has 0 aromatic rings. The molecule has 0 aliphatic carbocycles. The second-order valence-corrected chi connectivity index (χ2v) is 3.46. The van der Waals surface area contributed by atoms with E-state index in [0.717, 1.165) is 11.9 Å². The van der Waals surface area contributed by atoms with E-state index < -0.39 is 0 Å². The van der Waals surface area contributed by atoms with Crippen LogP contribution in [0.1, 0.15) is 0 Å². The summed E-state index contributed by atoms with van der Waals surface area (Å²) in [5.41, 5.74) is 0.840. The molecule has 0 saturated heterocycles. The van der Waals surface area contributed by atoms with E-state index in [2.05, 4.69) is 4.91 Å². The van der Waals surface area contributed by atoms with Gasteiger partial charge in [-0.25, -0.2) is 0 Å². The number of aldehydes is 1. The summed E-state index contributed by atoms with van der Waals surface area (Å²) in [7, 11) is 0. The van der Waals surface area contributed by atoms with Gasteiger partial charge in [0, 0.05) is 0 Å². The molecule has 1 aliphatic rings. The van der Waals surface area contributed by atoms with E-state index in [0.29, 0.717) is 0 Å². The molecular formula is C6H5GeO. The van der Waals surface area contributed by atoms with Crippen LogP contribution >= 0.6 is 0 Å². The molecule has 1 nitrogen and oxygen atoms in total. The number of rotatable bonds is 1. The van der Waals surface area contributed by atoms with E-state index in [1.807, 2.05) is 17.0 Å². The first kappa shape index (κ1) is 5.70. The Morgan fingerprint density at radius 1 is 1.62 bits per heavy atom. The van der Waals surface area contributed by atoms with Crippen molar-refractivity contribution in [3.8, 4) is 0 Å². The van der Waals surface area contributed by atoms with Gasteiger partial charge in [0.25, 0.3) is 0 Å². The van der Waals surface area contributed by atoms with Crippen molar-refractivity contribution in [2.24, 2.45) is 0 Å². The van der Waals surface area contributed by atoms with Crippen molar-refractivity contribution < 1.29 is 4.79 Å². The summed E-state index contributed by atoms with van der Waals surface area (Å²) in [5.74, 6) is 0. The second kappa shape index (κ2) is 2.77. The molecule has 0 unspecified atom stereocenters. The molecule has 0 saturated carbocycles. The summed E-state index contributed by atoms with van der Waals surface area (Å²) < 4.78 is 0. The Labute approximate surface area is 54.1 Å². The van der Waals surface area contributed by atoms with E-state index >= 15 is 0 Å². The molecule has 0 spiro atoms. The van der Waals surface area contributed by atoms with Crippen molar-refractivity contribution in [3.05, 3.63) is 22.6 Å². The third kappa shape index (κ3) is 1.27. The summed E-state index contributed by atoms with van der Waals surface area (Å²) in [4.78, 5) is 14.2. The van der Waals surface area contributed by atoms with Crippen LogP contribution < -0.4 is 0 Å². The number of hydrogen-bond donors (Lipinski definition) is 0. The molecular weight excluding hydrogens is 161 g/mol. The summed E-state index contributed by atoms with van der Waals surface area (Å²) in [5, 5.41) is 0. The molecule has 39 valence electrons. The van der Waals surface area contributed by atoms with Gasteiger partial charge >= 0.3 is 53.6 Å². The number of allylic oxidation sites excluding steroid dienone is 3. The van der Waals surface area contributed by atoms with Gasteiger partial charge in [-0.05, 0) is 0 Å². The Morgan fingerprint density at radius 3 is 2.88 bits per heavy atom. The van der Waals surface area contributed by atoms with Gasteiger partial charge < -0.3 is 0 Å². The van der Waals surface area contributed by atoms with Crippen molar-refractivity contribution >= 4 is 26.1 Å². The van der Waals surface area contributed by atoms with Crippen molar-refractivity contribution in [2.75, 3.05) is 0 Å². The van der Waals surface area contributed by atoms with Gasteiger partial charge in [-0.1, -0.05) is 0 Å². The normalized spacial score (nSPS) is 15.8. The van der Waals surface area contributed by atoms with Crippen molar-refractivity contribution in [1.82, 2.24) is 0 Å². The number of carbonyl (C=O) groups excluding carboxylic acids is 1. The molecule has 1 radical (unpaired) electrons. The molecule has 1 heterocycles. The van der Waals surface area contributed by atoms with E-state index in [1.165, 1.54) is 0 Å². The number of hydrogen-bond acceptors (Lipinski definition) is 1. The Hall–Kier alpha value is -0.437. The fourth-order valence-corrected chi connectivity index (χ4v) is 1.87. The molecule has 1 rings (SSSR count). The first-order valence-corrected chi connectivity index (χ1v) is 4.77. The zero-order valence-electron chi connectivity index (χ0n) is 4.29. The Morgan fingerprint density at radius 2 is 2.50 bits per heavy atom. The predicted molar refractivity (Wildman–Crippen MR) is 35.1 cm³/mol. The van der Waals surface area contributed by atoms with Gasteiger partial charge in [0.15, 0.2) is 0 Å². The van der Waals surface area contributed by atoms with Crippen LogP contribution in [0, 0.1) is 0 Å². The molecule has 0 bridgehead atoms. The molecule has 0 atom stereocenters. The Kier molecular flexibility index (Phi) is 1.97. The third-order valence-electron chi connectivity index (χ3n) is 0.867. The summed E-state index contributed by atoms with van der Waals surface area (Å²) >= 11 is -0.0502. The molecule has 0 aromatic carbocycles. The minimum absolute atomic E-state index is 0.0502. The topological polar surface area (TPSA) is 17.1 Å². The summed E-state index contributed by atoms with van der Waals surface area (Å²) in [6.45, 7) is 0. The average Bonchev–Trinajstić information content (AvgIpc) is 1.90. The average molecular weight is 166 g/mol. The number of carbonyl (C=O) groups is 1. The van der Waals surface area contributed by atoms with Gasteiger partial charge in [0.2, 0.25) is 0 Å². The van der Waals surface area contributed by atoms with Gasteiger partial charge in [-0.3, -0.25) is 0 Å². The first-order valence-electron chi connectivity index (χ1n) is 2.35. The Bertz CT molecular complexity index is 177. The minimum atomic E-state index is -0.0502. The van der Waals surface area contributed by atoms with Crippen molar-refractivity contribution in [2.45, 2.75) is 0 Å². The molecule has 0 amide bonds. The van der Waals surface area contributed by atoms with Gasteiger partial charge in [0.1, 0.15) is 0 Å². The van der Waals surface area contributed by atoms with Crippen LogP contribution in [0.3, 0.4) is 0 Å². The molecule has 8 heavy (non-hydrogen) atoms. The monoisotopic (exact) mass is 167 g/mol. The standard InChI is InChI=1S/C6H5GeO/c8-5-6-2-1-3-7-4-6/h1-5H. The van der Waals surface area contributed by atoms with Gasteiger partial charge in [-0.2, -0.15) is 0 Å². The van der Waals surface area contributed by atoms with Crippen LogP contribution in [0.5, 0.6) is 0 Å². The molecule has 0 fully saturated rings. The molecule has 2 heteroatoms. The third-order valence-corrected chi connectivity index (χ3v) is 2.72. The van der Waals surface area contributed by atoms with E-state index in [1.54, 1.807) is 0 Å². The van der Waals surface area contributed by atoms with E-state index in [4.69, 9.17) is 0 Å². The molecule has 1 aliphatic heterocycles. The van der Waals surface area contributed by atoms with Crippen molar-refractivity contribution in [3.63, 3.8) is 0 Å². The van der Waals surface area contributed by atoms with Crippen LogP contribution in [0.2, 0.25) is 0 Å². The van der Waals surface area contributed by atoms with Crippen LogP contribution in [-0.4, -0.2) is 26.1 Å². The first-order chi connectivity index (χ1) is 3.93. The SMILES string of the molecule is O=CC1=CC=[CH][Ge]=[CH]1. The van der Waals surface area contributed by atoms with Gasteiger partial charge in [-0.15, -0.1) is 0 Å². The van der Waals surface area contributed by atoms with Gasteiger partial charge in [0.05, 0.1) is 0 Å². The quantitative estimate of drug-likeness (QED) is 0.399. The Balaban J connectivity index is 2.82. The second-order valence-electron chi connectivity index (χ2n) is 1.45. The van der Waals surface area contributed by atoms with Crippen molar-refractivity contribution in [1.29, 1.82) is 0 Å². The zero-order valence-corrected chi connectivity index (χ0v) is 6.39. The molecule has 0 N–H and O–H groups in total. The summed E-state index contributed by atoms with van der Waals surface area (Å²) in [6, 6.07) is 0. The van der Waals surface area contributed by atoms with Crippen LogP contribution in [0.4, 0.5) is 0 Å². The van der Waals surface area contributed by atoms with Crippen LogP contribution in [0.25, 0.3) is 0 Å². The summed E-state index contributed by atoms with van der Waals surface area (Å²) in [6.07, 6.45) is 4.68. The molecule has 0 aromatic heterocycles. The maximum absolute atomic E-state index is 10.0. The maximum atomic E-state index is 10.0. The van der Waals surface area contributed by atoms with E-state index in [9.17, 15) is 4.79 Å². The predicted octanol–water partition coefficient (Wildman–Crippen LogP) is 0.145. The fourth-order valence-electron chi connectivity index (χ4n) is 0.481. The fraction of sp³-hybridized carbons (Fsp3) is 0.